The van der Waals surface area contributed by atoms with E-state index in [0.717, 1.165) is 18.4 Å². The van der Waals surface area contributed by atoms with Crippen molar-refractivity contribution < 1.29 is 14.3 Å². The maximum atomic E-state index is 12.5. The minimum absolute atomic E-state index is 0.0982. The smallest absolute Gasteiger partial charge is 0.318 e. The second-order valence-electron chi connectivity index (χ2n) is 6.32. The minimum Gasteiger partial charge on any atom is -0.467 e. The Morgan fingerprint density at radius 1 is 1.30 bits per heavy atom. The molecule has 0 bridgehead atoms. The number of amides is 2. The van der Waals surface area contributed by atoms with Gasteiger partial charge in [0.15, 0.2) is 0 Å². The van der Waals surface area contributed by atoms with Crippen LogP contribution in [0.1, 0.15) is 30.2 Å². The van der Waals surface area contributed by atoms with Crippen LogP contribution in [-0.2, 0) is 0 Å². The summed E-state index contributed by atoms with van der Waals surface area (Å²) in [5.41, 5.74) is 0.867. The minimum atomic E-state index is -0.328. The summed E-state index contributed by atoms with van der Waals surface area (Å²) in [5.74, 6) is 0.696. The Hall–Kier alpha value is -2.27. The third-order valence-corrected chi connectivity index (χ3v) is 4.44. The van der Waals surface area contributed by atoms with Gasteiger partial charge in [0.2, 0.25) is 0 Å². The third kappa shape index (κ3) is 3.56. The van der Waals surface area contributed by atoms with Crippen LogP contribution in [0.4, 0.5) is 4.79 Å². The molecule has 122 valence electrons. The average Bonchev–Trinajstić information content (AvgIpc) is 3.14. The lowest BCUT2D eigenvalue weighted by Crippen LogP contribution is -2.42. The van der Waals surface area contributed by atoms with Crippen molar-refractivity contribution in [3.8, 4) is 0 Å². The molecule has 3 rings (SSSR count). The molecule has 0 aliphatic heterocycles. The highest BCUT2D eigenvalue weighted by Crippen LogP contribution is 2.45. The van der Waals surface area contributed by atoms with E-state index in [1.165, 1.54) is 0 Å². The average molecular weight is 314 g/mol. The summed E-state index contributed by atoms with van der Waals surface area (Å²) in [5, 5.41) is 12.4. The van der Waals surface area contributed by atoms with Crippen LogP contribution in [0, 0.1) is 5.41 Å². The molecule has 1 aromatic carbocycles. The van der Waals surface area contributed by atoms with E-state index >= 15 is 0 Å². The maximum absolute atomic E-state index is 12.5. The number of aliphatic hydroxyl groups excluding tert-OH is 1. The molecular weight excluding hydrogens is 292 g/mol. The number of nitrogens with zero attached hydrogens (tertiary/aromatic N) is 1. The van der Waals surface area contributed by atoms with Gasteiger partial charge in [0.05, 0.1) is 12.9 Å². The number of aliphatic hydroxyl groups is 1. The van der Waals surface area contributed by atoms with Gasteiger partial charge >= 0.3 is 6.03 Å². The highest BCUT2D eigenvalue weighted by molar-refractivity contribution is 5.75. The van der Waals surface area contributed by atoms with Crippen LogP contribution in [0.25, 0.3) is 0 Å². The Kier molecular flexibility index (Phi) is 4.39. The number of urea groups is 1. The fourth-order valence-electron chi connectivity index (χ4n) is 2.77. The van der Waals surface area contributed by atoms with Crippen LogP contribution >= 0.6 is 0 Å². The largest absolute Gasteiger partial charge is 0.467 e. The number of nitrogens with one attached hydrogen (secondary N) is 1. The molecule has 5 nitrogen and oxygen atoms in total. The van der Waals surface area contributed by atoms with Gasteiger partial charge in [-0.3, -0.25) is 0 Å². The second kappa shape index (κ2) is 6.46. The van der Waals surface area contributed by atoms with Crippen molar-refractivity contribution in [3.63, 3.8) is 0 Å². The van der Waals surface area contributed by atoms with Crippen LogP contribution in [0.5, 0.6) is 0 Å². The van der Waals surface area contributed by atoms with E-state index in [0.29, 0.717) is 12.3 Å². The number of hydrogen-bond donors (Lipinski definition) is 2. The van der Waals surface area contributed by atoms with Gasteiger partial charge < -0.3 is 19.7 Å². The first-order valence-corrected chi connectivity index (χ1v) is 7.84. The molecule has 0 unspecified atom stereocenters. The van der Waals surface area contributed by atoms with Crippen molar-refractivity contribution >= 4 is 6.03 Å². The Morgan fingerprint density at radius 3 is 2.61 bits per heavy atom. The van der Waals surface area contributed by atoms with Crippen molar-refractivity contribution in [1.82, 2.24) is 10.2 Å². The predicted octanol–water partition coefficient (Wildman–Crippen LogP) is 2.78. The molecule has 5 heteroatoms. The van der Waals surface area contributed by atoms with Gasteiger partial charge in [0.25, 0.3) is 0 Å². The molecule has 23 heavy (non-hydrogen) atoms. The molecule has 0 radical (unpaired) electrons. The molecule has 1 aliphatic rings. The third-order valence-electron chi connectivity index (χ3n) is 4.44. The molecule has 1 fully saturated rings. The topological polar surface area (TPSA) is 65.7 Å². The highest BCUT2D eigenvalue weighted by atomic mass is 16.3. The molecule has 1 atom stereocenters. The highest BCUT2D eigenvalue weighted by Gasteiger charge is 2.43. The molecule has 0 saturated heterocycles. The maximum Gasteiger partial charge on any atom is 0.318 e. The van der Waals surface area contributed by atoms with Crippen molar-refractivity contribution in [1.29, 1.82) is 0 Å². The SMILES string of the molecule is CN(CC1(CO)CC1)C(=O)N[C@H](c1ccccc1)c1ccco1. The fourth-order valence-corrected chi connectivity index (χ4v) is 2.77. The Bertz CT molecular complexity index is 636. The van der Waals surface area contributed by atoms with Gasteiger partial charge in [-0.05, 0) is 30.5 Å². The summed E-state index contributed by atoms with van der Waals surface area (Å²) in [6.45, 7) is 0.694. The van der Waals surface area contributed by atoms with E-state index in [1.807, 2.05) is 42.5 Å². The van der Waals surface area contributed by atoms with E-state index < -0.39 is 0 Å². The molecule has 2 aromatic rings. The fraction of sp³-hybridized carbons (Fsp3) is 0.389. The van der Waals surface area contributed by atoms with Gasteiger partial charge in [-0.15, -0.1) is 0 Å². The zero-order valence-electron chi connectivity index (χ0n) is 13.2. The zero-order valence-corrected chi connectivity index (χ0v) is 13.2. The van der Waals surface area contributed by atoms with E-state index in [4.69, 9.17) is 4.42 Å². The molecule has 1 heterocycles. The first-order valence-electron chi connectivity index (χ1n) is 7.84. The van der Waals surface area contributed by atoms with E-state index in [-0.39, 0.29) is 24.1 Å². The normalized spacial score (nSPS) is 16.6. The number of hydrogen-bond acceptors (Lipinski definition) is 3. The van der Waals surface area contributed by atoms with Gasteiger partial charge in [0, 0.05) is 19.0 Å². The summed E-state index contributed by atoms with van der Waals surface area (Å²) in [7, 11) is 1.76. The summed E-state index contributed by atoms with van der Waals surface area (Å²) < 4.78 is 5.49. The summed E-state index contributed by atoms with van der Waals surface area (Å²) in [6.07, 6.45) is 3.55. The number of furan rings is 1. The van der Waals surface area contributed by atoms with Crippen molar-refractivity contribution in [3.05, 3.63) is 60.1 Å². The van der Waals surface area contributed by atoms with Crippen LogP contribution in [0.3, 0.4) is 0 Å². The number of benzene rings is 1. The summed E-state index contributed by atoms with van der Waals surface area (Å²) in [4.78, 5) is 14.2. The summed E-state index contributed by atoms with van der Waals surface area (Å²) in [6, 6.07) is 12.9. The van der Waals surface area contributed by atoms with Gasteiger partial charge in [-0.25, -0.2) is 4.79 Å². The van der Waals surface area contributed by atoms with Crippen LogP contribution in [0.15, 0.2) is 53.1 Å². The van der Waals surface area contributed by atoms with Crippen molar-refractivity contribution in [2.75, 3.05) is 20.2 Å². The Morgan fingerprint density at radius 2 is 2.04 bits per heavy atom. The summed E-state index contributed by atoms with van der Waals surface area (Å²) >= 11 is 0. The Labute approximate surface area is 135 Å². The molecular formula is C18H22N2O3. The lowest BCUT2D eigenvalue weighted by Gasteiger charge is -2.25. The molecule has 1 aliphatic carbocycles. The van der Waals surface area contributed by atoms with Crippen molar-refractivity contribution in [2.24, 2.45) is 5.41 Å². The van der Waals surface area contributed by atoms with Crippen LogP contribution < -0.4 is 5.32 Å². The standard InChI is InChI=1S/C18H22N2O3/c1-20(12-18(13-21)9-10-18)17(22)19-16(15-8-5-11-23-15)14-6-3-2-4-7-14/h2-8,11,16,21H,9-10,12-13H2,1H3,(H,19,22)/t16-/m1/s1. The molecule has 2 N–H and O–H groups in total. The quantitative estimate of drug-likeness (QED) is 0.861. The predicted molar refractivity (Wildman–Crippen MR) is 86.9 cm³/mol. The van der Waals surface area contributed by atoms with Crippen LogP contribution in [0.2, 0.25) is 0 Å². The van der Waals surface area contributed by atoms with E-state index in [9.17, 15) is 9.90 Å². The van der Waals surface area contributed by atoms with Crippen LogP contribution in [-0.4, -0.2) is 36.2 Å². The van der Waals surface area contributed by atoms with Gasteiger partial charge in [-0.1, -0.05) is 30.3 Å². The molecule has 0 spiro atoms. The first-order chi connectivity index (χ1) is 11.1. The lowest BCUT2D eigenvalue weighted by atomic mass is 10.0. The van der Waals surface area contributed by atoms with E-state index in [2.05, 4.69) is 5.32 Å². The van der Waals surface area contributed by atoms with E-state index in [1.54, 1.807) is 18.2 Å². The number of carbonyl (C=O) groups is 1. The van der Waals surface area contributed by atoms with Gasteiger partial charge in [0.1, 0.15) is 11.8 Å². The Balaban J connectivity index is 1.72. The monoisotopic (exact) mass is 314 g/mol. The first kappa shape index (κ1) is 15.6. The molecule has 1 saturated carbocycles. The number of carbonyl (C=O) groups excluding carboxylic acids is 1. The number of rotatable bonds is 6. The zero-order chi connectivity index (χ0) is 16.3. The lowest BCUT2D eigenvalue weighted by molar-refractivity contribution is 0.160. The van der Waals surface area contributed by atoms with Crippen molar-refractivity contribution in [2.45, 2.75) is 18.9 Å². The van der Waals surface area contributed by atoms with Gasteiger partial charge in [-0.2, -0.15) is 0 Å². The second-order valence-corrected chi connectivity index (χ2v) is 6.32. The molecule has 1 aromatic heterocycles. The molecule has 2 amide bonds.